The van der Waals surface area contributed by atoms with Gasteiger partial charge in [-0.3, -0.25) is 9.79 Å². The molecule has 2 amide bonds. The van der Waals surface area contributed by atoms with E-state index in [1.165, 1.54) is 4.57 Å². The second-order valence-corrected chi connectivity index (χ2v) is 13.8. The average Bonchev–Trinajstić information content (AvgIpc) is 2.78. The normalized spacial score (nSPS) is 18.7. The third kappa shape index (κ3) is 5.74. The molecule has 210 valence electrons. The molecule has 0 saturated carbocycles. The van der Waals surface area contributed by atoms with E-state index in [0.717, 1.165) is 6.54 Å². The Labute approximate surface area is 230 Å². The summed E-state index contributed by atoms with van der Waals surface area (Å²) in [6.45, 7) is 2.98. The molecule has 10 heteroatoms. The number of nitrogens with zero attached hydrogens (tertiary/aromatic N) is 5. The number of imide groups is 1. The number of allylic oxidation sites excluding steroid dienone is 1. The number of hydrogen-bond acceptors (Lipinski definition) is 5. The first-order valence-corrected chi connectivity index (χ1v) is 13.4. The summed E-state index contributed by atoms with van der Waals surface area (Å²) in [6, 6.07) is 3.28. The van der Waals surface area contributed by atoms with Gasteiger partial charge in [0.1, 0.15) is 13.1 Å². The molecule has 1 aliphatic heterocycles. The van der Waals surface area contributed by atoms with E-state index < -0.39 is 11.4 Å². The molecular weight excluding hydrogens is 496 g/mol. The minimum absolute atomic E-state index is 0.244. The number of pyridine rings is 1. The minimum atomic E-state index is -0.423. The molecule has 2 heterocycles. The monoisotopic (exact) mass is 539 g/mol. The maximum absolute atomic E-state index is 13.9. The number of aromatic nitrogens is 1. The lowest BCUT2D eigenvalue weighted by Crippen LogP contribution is -3.18. The number of nitrogens with one attached hydrogen (secondary N) is 1. The van der Waals surface area contributed by atoms with Crippen LogP contribution >= 0.6 is 0 Å². The number of likely N-dealkylation sites (N-methyl/N-ethyl adjacent to an activating group) is 3. The van der Waals surface area contributed by atoms with Crippen molar-refractivity contribution < 1.29 is 33.0 Å². The molecule has 2 aromatic rings. The van der Waals surface area contributed by atoms with Crippen molar-refractivity contribution >= 4 is 33.9 Å². The zero-order valence-electron chi connectivity index (χ0n) is 24.8. The molecule has 4 rings (SSSR count). The Morgan fingerprint density at radius 2 is 1.44 bits per heavy atom. The van der Waals surface area contributed by atoms with Gasteiger partial charge >= 0.3 is 11.8 Å². The van der Waals surface area contributed by atoms with Crippen LogP contribution in [-0.2, 0) is 11.3 Å². The lowest BCUT2D eigenvalue weighted by Gasteiger charge is -2.32. The van der Waals surface area contributed by atoms with Crippen LogP contribution in [0.15, 0.2) is 28.0 Å². The van der Waals surface area contributed by atoms with Crippen molar-refractivity contribution in [2.45, 2.75) is 6.54 Å². The van der Waals surface area contributed by atoms with Crippen molar-refractivity contribution in [2.24, 2.45) is 4.99 Å². The molecule has 0 bridgehead atoms. The summed E-state index contributed by atoms with van der Waals surface area (Å²) in [5, 5.41) is 14.4. The van der Waals surface area contributed by atoms with Gasteiger partial charge in [-0.15, -0.1) is 0 Å². The van der Waals surface area contributed by atoms with Crippen LogP contribution in [0.25, 0.3) is 16.3 Å². The number of amides is 2. The average molecular weight is 540 g/mol. The Morgan fingerprint density at radius 3 is 2.03 bits per heavy atom. The van der Waals surface area contributed by atoms with E-state index in [1.807, 2.05) is 42.3 Å². The summed E-state index contributed by atoms with van der Waals surface area (Å²) in [5.74, 6) is -1.05. The van der Waals surface area contributed by atoms with Crippen molar-refractivity contribution in [2.75, 3.05) is 96.2 Å². The minimum Gasteiger partial charge on any atom is -0.860 e. The Bertz CT molecular complexity index is 1480. The summed E-state index contributed by atoms with van der Waals surface area (Å²) >= 11 is 0. The standard InChI is InChI=1S/C29H42N6O4/c1-33(2,3)15-12-30-22-18-21-23-19(26(36)31(28(21)38)13-16-34(4,5)6)10-11-20-24(23)25(22)29(39)32(27(20)37)14-17-35(7,8)9/h10-11,18H,12-17H2,1-9H3/q+2/p+1. The van der Waals surface area contributed by atoms with Crippen LogP contribution in [0.5, 0.6) is 5.88 Å². The van der Waals surface area contributed by atoms with E-state index in [1.54, 1.807) is 18.2 Å². The van der Waals surface area contributed by atoms with E-state index in [2.05, 4.69) is 21.1 Å². The maximum atomic E-state index is 13.9. The van der Waals surface area contributed by atoms with E-state index in [4.69, 9.17) is 4.99 Å². The molecule has 1 aliphatic carbocycles. The fourth-order valence-corrected chi connectivity index (χ4v) is 4.99. The Hall–Kier alpha value is -3.18. The van der Waals surface area contributed by atoms with Gasteiger partial charge in [0, 0.05) is 10.9 Å². The van der Waals surface area contributed by atoms with Crippen molar-refractivity contribution in [3.05, 3.63) is 45.3 Å². The van der Waals surface area contributed by atoms with E-state index in [0.29, 0.717) is 78.4 Å². The molecule has 10 nitrogen and oxygen atoms in total. The zero-order chi connectivity index (χ0) is 29.1. The van der Waals surface area contributed by atoms with Gasteiger partial charge in [-0.25, -0.2) is 9.59 Å². The summed E-state index contributed by atoms with van der Waals surface area (Å²) in [5.41, 5.74) is 1.43. The van der Waals surface area contributed by atoms with E-state index >= 15 is 0 Å². The molecule has 1 unspecified atom stereocenters. The van der Waals surface area contributed by atoms with E-state index in [9.17, 15) is 19.5 Å². The maximum Gasteiger partial charge on any atom is 0.352 e. The molecule has 0 spiro atoms. The van der Waals surface area contributed by atoms with Crippen molar-refractivity contribution in [1.82, 2.24) is 4.57 Å². The van der Waals surface area contributed by atoms with Crippen LogP contribution in [0, 0.1) is 0 Å². The number of carbonyl (C=O) groups is 2. The van der Waals surface area contributed by atoms with Crippen LogP contribution in [0.2, 0.25) is 0 Å². The highest BCUT2D eigenvalue weighted by Gasteiger charge is 2.44. The highest BCUT2D eigenvalue weighted by molar-refractivity contribution is 6.37. The number of hydrogen-bond donors (Lipinski definition) is 1. The van der Waals surface area contributed by atoms with E-state index in [-0.39, 0.29) is 23.3 Å². The van der Waals surface area contributed by atoms with Crippen molar-refractivity contribution in [1.29, 1.82) is 0 Å². The molecule has 1 aromatic heterocycles. The third-order valence-corrected chi connectivity index (χ3v) is 7.31. The molecular formula is C29H43N6O4+3. The Balaban J connectivity index is 1.97. The highest BCUT2D eigenvalue weighted by Crippen LogP contribution is 2.38. The van der Waals surface area contributed by atoms with Gasteiger partial charge in [0.25, 0.3) is 5.56 Å². The fourth-order valence-electron chi connectivity index (χ4n) is 4.99. The van der Waals surface area contributed by atoms with Gasteiger partial charge in [0.05, 0.1) is 112 Å². The predicted molar refractivity (Wildman–Crippen MR) is 151 cm³/mol. The molecule has 0 radical (unpaired) electrons. The third-order valence-electron chi connectivity index (χ3n) is 7.31. The van der Waals surface area contributed by atoms with Gasteiger partial charge in [0.15, 0.2) is 0 Å². The summed E-state index contributed by atoms with van der Waals surface area (Å²) in [4.78, 5) is 46.4. The first-order chi connectivity index (χ1) is 17.9. The van der Waals surface area contributed by atoms with Crippen molar-refractivity contribution in [3.8, 4) is 5.88 Å². The smallest absolute Gasteiger partial charge is 0.352 e. The van der Waals surface area contributed by atoms with Crippen LogP contribution in [-0.4, -0.2) is 132 Å². The van der Waals surface area contributed by atoms with Crippen LogP contribution in [0.1, 0.15) is 21.5 Å². The fraction of sp³-hybridized carbons (Fsp3) is 0.517. The first-order valence-electron chi connectivity index (χ1n) is 13.4. The number of benzene rings is 1. The summed E-state index contributed by atoms with van der Waals surface area (Å²) < 4.78 is 3.18. The summed E-state index contributed by atoms with van der Waals surface area (Å²) in [6.07, 6.45) is 1.67. The molecule has 0 fully saturated rings. The highest BCUT2D eigenvalue weighted by atomic mass is 16.3. The SMILES string of the molecule is C[N+](C)(C)CCN=C1C=C2C(=O)[NH+](CC[N+](C)(C)C)C(=O)c3ccc4c([O-])n(CC[N+](C)(C)C)c(=O)c1c4c32. The second kappa shape index (κ2) is 9.78. The van der Waals surface area contributed by atoms with Gasteiger partial charge < -0.3 is 23.1 Å². The number of rotatable bonds is 9. The topological polar surface area (TPSA) is 96.0 Å². The van der Waals surface area contributed by atoms with Gasteiger partial charge in [-0.05, 0) is 23.4 Å². The van der Waals surface area contributed by atoms with Crippen LogP contribution < -0.4 is 15.6 Å². The number of carbonyl (C=O) groups excluding carboxylic acids is 2. The number of quaternary nitrogens is 4. The van der Waals surface area contributed by atoms with Crippen LogP contribution in [0.4, 0.5) is 0 Å². The van der Waals surface area contributed by atoms with Gasteiger partial charge in [0.2, 0.25) is 0 Å². The molecule has 39 heavy (non-hydrogen) atoms. The lowest BCUT2D eigenvalue weighted by atomic mass is 9.82. The van der Waals surface area contributed by atoms with Crippen molar-refractivity contribution in [3.63, 3.8) is 0 Å². The van der Waals surface area contributed by atoms with Crippen LogP contribution in [0.3, 0.4) is 0 Å². The zero-order valence-corrected chi connectivity index (χ0v) is 24.8. The predicted octanol–water partition coefficient (Wildman–Crippen LogP) is -1.05. The van der Waals surface area contributed by atoms with Gasteiger partial charge in [-0.1, -0.05) is 6.07 Å². The Kier molecular flexibility index (Phi) is 7.23. The molecule has 0 saturated heterocycles. The molecule has 1 N–H and O–H groups in total. The summed E-state index contributed by atoms with van der Waals surface area (Å²) in [7, 11) is 18.3. The molecule has 1 atom stereocenters. The quantitative estimate of drug-likeness (QED) is 0.325. The lowest BCUT2D eigenvalue weighted by molar-refractivity contribution is -0.891. The largest absolute Gasteiger partial charge is 0.860 e. The van der Waals surface area contributed by atoms with Gasteiger partial charge in [-0.2, -0.15) is 4.90 Å². The Morgan fingerprint density at radius 1 is 0.821 bits per heavy atom. The molecule has 1 aromatic carbocycles. The molecule has 2 aliphatic rings. The first kappa shape index (κ1) is 28.8. The number of aliphatic imine (C=N–C) groups is 1. The second-order valence-electron chi connectivity index (χ2n) is 13.8.